The first-order chi connectivity index (χ1) is 11.8. The molecule has 0 aliphatic heterocycles. The molecule has 1 fully saturated rings. The van der Waals surface area contributed by atoms with Crippen molar-refractivity contribution in [2.24, 2.45) is 10.8 Å². The van der Waals surface area contributed by atoms with Gasteiger partial charge in [0, 0.05) is 0 Å². The SMILES string of the molecule is Cc1cc(CCCCC2(C)CC2)ccc1CCCCCCC(C)(C)C. The fourth-order valence-corrected chi connectivity index (χ4v) is 3.86. The molecular weight excluding hydrogens is 300 g/mol. The van der Waals surface area contributed by atoms with E-state index in [2.05, 4.69) is 52.8 Å². The van der Waals surface area contributed by atoms with E-state index in [4.69, 9.17) is 0 Å². The molecule has 0 nitrogen and oxygen atoms in total. The van der Waals surface area contributed by atoms with Gasteiger partial charge < -0.3 is 0 Å². The van der Waals surface area contributed by atoms with Crippen LogP contribution in [-0.2, 0) is 12.8 Å². The molecule has 1 aromatic rings. The van der Waals surface area contributed by atoms with Crippen LogP contribution in [-0.4, -0.2) is 0 Å². The van der Waals surface area contributed by atoms with Crippen molar-refractivity contribution in [3.63, 3.8) is 0 Å². The third-order valence-corrected chi connectivity index (χ3v) is 6.13. The quantitative estimate of drug-likeness (QED) is 0.357. The van der Waals surface area contributed by atoms with Crippen molar-refractivity contribution in [1.82, 2.24) is 0 Å². The van der Waals surface area contributed by atoms with Crippen LogP contribution in [0, 0.1) is 17.8 Å². The Labute approximate surface area is 157 Å². The van der Waals surface area contributed by atoms with Crippen LogP contribution in [0.15, 0.2) is 18.2 Å². The summed E-state index contributed by atoms with van der Waals surface area (Å²) < 4.78 is 0. The van der Waals surface area contributed by atoms with Gasteiger partial charge in [-0.25, -0.2) is 0 Å². The van der Waals surface area contributed by atoms with E-state index in [0.717, 1.165) is 5.41 Å². The lowest BCUT2D eigenvalue weighted by atomic mass is 9.89. The molecule has 0 heteroatoms. The van der Waals surface area contributed by atoms with Gasteiger partial charge in [0.05, 0.1) is 0 Å². The first-order valence-electron chi connectivity index (χ1n) is 10.9. The van der Waals surface area contributed by atoms with Gasteiger partial charge in [-0.05, 0) is 85.8 Å². The van der Waals surface area contributed by atoms with Crippen molar-refractivity contribution < 1.29 is 0 Å². The molecule has 0 unspecified atom stereocenters. The maximum absolute atomic E-state index is 2.45. The minimum absolute atomic E-state index is 0.503. The standard InChI is InChI=1S/C25H42/c1-21-20-22(12-9-11-17-25(5)18-19-25)14-15-23(21)13-8-6-7-10-16-24(2,3)4/h14-15,20H,6-13,16-19H2,1-5H3. The van der Waals surface area contributed by atoms with Crippen LogP contribution in [0.3, 0.4) is 0 Å². The molecule has 0 heterocycles. The molecule has 0 aromatic heterocycles. The molecule has 0 radical (unpaired) electrons. The Hall–Kier alpha value is -0.780. The summed E-state index contributed by atoms with van der Waals surface area (Å²) in [5.41, 5.74) is 5.87. The summed E-state index contributed by atoms with van der Waals surface area (Å²) in [5, 5.41) is 0. The van der Waals surface area contributed by atoms with E-state index in [-0.39, 0.29) is 0 Å². The molecule has 142 valence electrons. The molecule has 0 N–H and O–H groups in total. The Morgan fingerprint density at radius 2 is 1.56 bits per heavy atom. The maximum Gasteiger partial charge on any atom is -0.0276 e. The van der Waals surface area contributed by atoms with Gasteiger partial charge in [0.25, 0.3) is 0 Å². The van der Waals surface area contributed by atoms with Gasteiger partial charge in [-0.15, -0.1) is 0 Å². The molecule has 1 aliphatic carbocycles. The lowest BCUT2D eigenvalue weighted by molar-refractivity contribution is 0.357. The number of benzene rings is 1. The molecule has 1 aliphatic rings. The summed E-state index contributed by atoms with van der Waals surface area (Å²) in [4.78, 5) is 0. The predicted molar refractivity (Wildman–Crippen MR) is 112 cm³/mol. The number of rotatable bonds is 11. The van der Waals surface area contributed by atoms with Gasteiger partial charge in [-0.2, -0.15) is 0 Å². The van der Waals surface area contributed by atoms with E-state index in [1.165, 1.54) is 82.6 Å². The predicted octanol–water partition coefficient (Wildman–Crippen LogP) is 8.05. The number of unbranched alkanes of at least 4 members (excludes halogenated alkanes) is 4. The van der Waals surface area contributed by atoms with Crippen LogP contribution in [0.25, 0.3) is 0 Å². The fourth-order valence-electron chi connectivity index (χ4n) is 3.86. The van der Waals surface area contributed by atoms with Gasteiger partial charge in [0.2, 0.25) is 0 Å². The van der Waals surface area contributed by atoms with Crippen LogP contribution in [0.2, 0.25) is 0 Å². The van der Waals surface area contributed by atoms with Crippen LogP contribution in [0.4, 0.5) is 0 Å². The van der Waals surface area contributed by atoms with E-state index < -0.39 is 0 Å². The number of hydrogen-bond acceptors (Lipinski definition) is 0. The molecular formula is C25H42. The van der Waals surface area contributed by atoms with Gasteiger partial charge >= 0.3 is 0 Å². The molecule has 0 atom stereocenters. The normalized spacial score (nSPS) is 16.2. The van der Waals surface area contributed by atoms with Crippen LogP contribution in [0.1, 0.15) is 109 Å². The van der Waals surface area contributed by atoms with Crippen molar-refractivity contribution in [2.75, 3.05) is 0 Å². The molecule has 1 saturated carbocycles. The summed E-state index contributed by atoms with van der Waals surface area (Å²) in [6.45, 7) is 11.8. The van der Waals surface area contributed by atoms with Gasteiger partial charge in [-0.1, -0.05) is 71.6 Å². The zero-order chi connectivity index (χ0) is 18.3. The Bertz CT molecular complexity index is 513. The lowest BCUT2D eigenvalue weighted by Gasteiger charge is -2.17. The zero-order valence-electron chi connectivity index (χ0n) is 17.7. The Morgan fingerprint density at radius 3 is 2.20 bits per heavy atom. The largest absolute Gasteiger partial charge is 0.0602 e. The molecule has 0 amide bonds. The van der Waals surface area contributed by atoms with Crippen LogP contribution >= 0.6 is 0 Å². The van der Waals surface area contributed by atoms with Crippen molar-refractivity contribution >= 4 is 0 Å². The summed E-state index contributed by atoms with van der Waals surface area (Å²) in [5.74, 6) is 0. The van der Waals surface area contributed by atoms with Crippen molar-refractivity contribution in [2.45, 2.75) is 112 Å². The third kappa shape index (κ3) is 8.43. The summed E-state index contributed by atoms with van der Waals surface area (Å²) in [6.07, 6.45) is 16.6. The highest BCUT2D eigenvalue weighted by molar-refractivity contribution is 5.31. The Kier molecular flexibility index (Phi) is 7.59. The second-order valence-electron chi connectivity index (χ2n) is 10.3. The highest BCUT2D eigenvalue weighted by Gasteiger charge is 2.35. The summed E-state index contributed by atoms with van der Waals surface area (Å²) in [7, 11) is 0. The molecule has 0 spiro atoms. The molecule has 2 rings (SSSR count). The van der Waals surface area contributed by atoms with Crippen molar-refractivity contribution in [3.8, 4) is 0 Å². The van der Waals surface area contributed by atoms with Crippen molar-refractivity contribution in [1.29, 1.82) is 0 Å². The Balaban J connectivity index is 1.61. The van der Waals surface area contributed by atoms with Crippen molar-refractivity contribution in [3.05, 3.63) is 34.9 Å². The molecule has 25 heavy (non-hydrogen) atoms. The minimum Gasteiger partial charge on any atom is -0.0602 e. The average Bonchev–Trinajstić information content (AvgIpc) is 3.26. The van der Waals surface area contributed by atoms with Crippen LogP contribution in [0.5, 0.6) is 0 Å². The lowest BCUT2D eigenvalue weighted by Crippen LogP contribution is -2.03. The highest BCUT2D eigenvalue weighted by atomic mass is 14.4. The second-order valence-corrected chi connectivity index (χ2v) is 10.3. The van der Waals surface area contributed by atoms with E-state index in [1.807, 2.05) is 0 Å². The molecule has 1 aromatic carbocycles. The average molecular weight is 343 g/mol. The monoisotopic (exact) mass is 342 g/mol. The van der Waals surface area contributed by atoms with Gasteiger partial charge in [0.1, 0.15) is 0 Å². The first-order valence-corrected chi connectivity index (χ1v) is 10.9. The topological polar surface area (TPSA) is 0 Å². The van der Waals surface area contributed by atoms with Gasteiger partial charge in [-0.3, -0.25) is 0 Å². The summed E-state index contributed by atoms with van der Waals surface area (Å²) >= 11 is 0. The highest BCUT2D eigenvalue weighted by Crippen LogP contribution is 2.49. The smallest absolute Gasteiger partial charge is 0.0276 e. The fraction of sp³-hybridized carbons (Fsp3) is 0.760. The zero-order valence-corrected chi connectivity index (χ0v) is 17.7. The van der Waals surface area contributed by atoms with Gasteiger partial charge in [0.15, 0.2) is 0 Å². The second kappa shape index (κ2) is 9.24. The van der Waals surface area contributed by atoms with Crippen LogP contribution < -0.4 is 0 Å². The minimum atomic E-state index is 0.503. The van der Waals surface area contributed by atoms with E-state index in [1.54, 1.807) is 11.1 Å². The number of hydrogen-bond donors (Lipinski definition) is 0. The number of aryl methyl sites for hydroxylation is 3. The van der Waals surface area contributed by atoms with E-state index >= 15 is 0 Å². The molecule has 0 saturated heterocycles. The van der Waals surface area contributed by atoms with E-state index in [9.17, 15) is 0 Å². The maximum atomic E-state index is 2.45. The molecule has 0 bridgehead atoms. The third-order valence-electron chi connectivity index (χ3n) is 6.13. The first kappa shape index (κ1) is 20.5. The Morgan fingerprint density at radius 1 is 0.880 bits per heavy atom. The summed E-state index contributed by atoms with van der Waals surface area (Å²) in [6, 6.07) is 7.25. The van der Waals surface area contributed by atoms with E-state index in [0.29, 0.717) is 5.41 Å².